The largest absolute Gasteiger partial charge is 0.497 e. The zero-order valence-corrected chi connectivity index (χ0v) is 11.1. The van der Waals surface area contributed by atoms with Crippen molar-refractivity contribution in [1.29, 1.82) is 0 Å². The first-order chi connectivity index (χ1) is 9.28. The van der Waals surface area contributed by atoms with Crippen molar-refractivity contribution in [3.63, 3.8) is 0 Å². The van der Waals surface area contributed by atoms with Gasteiger partial charge in [-0.25, -0.2) is 4.98 Å². The van der Waals surface area contributed by atoms with Crippen LogP contribution < -0.4 is 15.8 Å². The maximum atomic E-state index is 6.11. The van der Waals surface area contributed by atoms with Gasteiger partial charge in [0.1, 0.15) is 11.6 Å². The molecule has 1 saturated carbocycles. The van der Waals surface area contributed by atoms with E-state index in [1.807, 2.05) is 24.4 Å². The first-order valence-electron chi connectivity index (χ1n) is 6.73. The van der Waals surface area contributed by atoms with Gasteiger partial charge in [-0.05, 0) is 42.8 Å². The molecule has 0 bridgehead atoms. The van der Waals surface area contributed by atoms with Gasteiger partial charge in [-0.3, -0.25) is 0 Å². The Hall–Kier alpha value is -1.81. The third-order valence-electron chi connectivity index (χ3n) is 3.86. The standard InChI is InChI=1S/C15H19N3O/c1-19-11-6-5-10-7-8-17-15(12(10)9-11)18-14-4-2-3-13(14)16/h5-9,13-14H,2-4,16H2,1H3,(H,17,18). The van der Waals surface area contributed by atoms with Crippen molar-refractivity contribution in [3.05, 3.63) is 30.5 Å². The molecule has 0 amide bonds. The number of nitrogens with two attached hydrogens (primary N) is 1. The van der Waals surface area contributed by atoms with Crippen molar-refractivity contribution in [1.82, 2.24) is 4.98 Å². The Morgan fingerprint density at radius 2 is 2.21 bits per heavy atom. The van der Waals surface area contributed by atoms with E-state index in [-0.39, 0.29) is 6.04 Å². The molecule has 0 radical (unpaired) electrons. The maximum absolute atomic E-state index is 6.11. The summed E-state index contributed by atoms with van der Waals surface area (Å²) in [5.74, 6) is 1.75. The molecule has 3 rings (SSSR count). The minimum Gasteiger partial charge on any atom is -0.497 e. The highest BCUT2D eigenvalue weighted by atomic mass is 16.5. The van der Waals surface area contributed by atoms with Gasteiger partial charge in [0.05, 0.1) is 7.11 Å². The zero-order chi connectivity index (χ0) is 13.2. The number of fused-ring (bicyclic) bond motifs is 1. The molecule has 0 spiro atoms. The van der Waals surface area contributed by atoms with Crippen molar-refractivity contribution in [2.24, 2.45) is 5.73 Å². The van der Waals surface area contributed by atoms with Gasteiger partial charge in [-0.2, -0.15) is 0 Å². The predicted molar refractivity (Wildman–Crippen MR) is 77.5 cm³/mol. The normalized spacial score (nSPS) is 22.6. The first-order valence-corrected chi connectivity index (χ1v) is 6.73. The van der Waals surface area contributed by atoms with Crippen LogP contribution in [0.1, 0.15) is 19.3 Å². The summed E-state index contributed by atoms with van der Waals surface area (Å²) in [6.45, 7) is 0. The highest BCUT2D eigenvalue weighted by Crippen LogP contribution is 2.28. The smallest absolute Gasteiger partial charge is 0.134 e. The second-order valence-corrected chi connectivity index (χ2v) is 5.09. The third kappa shape index (κ3) is 2.36. The molecule has 2 aromatic rings. The van der Waals surface area contributed by atoms with E-state index in [2.05, 4.69) is 16.4 Å². The van der Waals surface area contributed by atoms with Crippen molar-refractivity contribution in [3.8, 4) is 5.75 Å². The Balaban J connectivity index is 1.97. The molecule has 0 aliphatic heterocycles. The molecule has 2 atom stereocenters. The van der Waals surface area contributed by atoms with Crippen LogP contribution in [0.25, 0.3) is 10.8 Å². The van der Waals surface area contributed by atoms with Crippen molar-refractivity contribution in [2.75, 3.05) is 12.4 Å². The van der Waals surface area contributed by atoms with E-state index in [1.54, 1.807) is 7.11 Å². The molecule has 4 nitrogen and oxygen atoms in total. The summed E-state index contributed by atoms with van der Waals surface area (Å²) in [4.78, 5) is 4.46. The number of rotatable bonds is 3. The zero-order valence-electron chi connectivity index (χ0n) is 11.1. The fraction of sp³-hybridized carbons (Fsp3) is 0.400. The van der Waals surface area contributed by atoms with Gasteiger partial charge in [0.25, 0.3) is 0 Å². The van der Waals surface area contributed by atoms with Gasteiger partial charge in [0, 0.05) is 23.7 Å². The fourth-order valence-electron chi connectivity index (χ4n) is 2.73. The van der Waals surface area contributed by atoms with E-state index in [0.29, 0.717) is 6.04 Å². The van der Waals surface area contributed by atoms with Crippen molar-refractivity contribution in [2.45, 2.75) is 31.3 Å². The van der Waals surface area contributed by atoms with E-state index in [1.165, 1.54) is 6.42 Å². The Kier molecular flexibility index (Phi) is 3.25. The number of benzene rings is 1. The third-order valence-corrected chi connectivity index (χ3v) is 3.86. The number of methoxy groups -OCH3 is 1. The Labute approximate surface area is 113 Å². The van der Waals surface area contributed by atoms with Crippen molar-refractivity contribution < 1.29 is 4.74 Å². The van der Waals surface area contributed by atoms with Gasteiger partial charge in [-0.15, -0.1) is 0 Å². The van der Waals surface area contributed by atoms with E-state index in [4.69, 9.17) is 10.5 Å². The molecule has 4 heteroatoms. The van der Waals surface area contributed by atoms with Gasteiger partial charge in [-0.1, -0.05) is 6.07 Å². The summed E-state index contributed by atoms with van der Waals surface area (Å²) < 4.78 is 5.29. The second kappa shape index (κ2) is 5.05. The lowest BCUT2D eigenvalue weighted by atomic mass is 10.1. The van der Waals surface area contributed by atoms with Gasteiger partial charge < -0.3 is 15.8 Å². The number of ether oxygens (including phenoxy) is 1. The molecule has 1 aliphatic carbocycles. The molecule has 1 fully saturated rings. The Bertz CT molecular complexity index is 585. The number of hydrogen-bond donors (Lipinski definition) is 2. The highest BCUT2D eigenvalue weighted by Gasteiger charge is 2.24. The highest BCUT2D eigenvalue weighted by molar-refractivity contribution is 5.92. The van der Waals surface area contributed by atoms with Crippen LogP contribution in [0.2, 0.25) is 0 Å². The van der Waals surface area contributed by atoms with Crippen LogP contribution in [-0.4, -0.2) is 24.2 Å². The lowest BCUT2D eigenvalue weighted by Crippen LogP contribution is -2.35. The SMILES string of the molecule is COc1ccc2ccnc(NC3CCCC3N)c2c1. The van der Waals surface area contributed by atoms with Crippen LogP contribution in [0, 0.1) is 0 Å². The lowest BCUT2D eigenvalue weighted by Gasteiger charge is -2.19. The van der Waals surface area contributed by atoms with Crippen LogP contribution in [0.4, 0.5) is 5.82 Å². The second-order valence-electron chi connectivity index (χ2n) is 5.09. The summed E-state index contributed by atoms with van der Waals surface area (Å²) in [6.07, 6.45) is 5.22. The number of hydrogen-bond acceptors (Lipinski definition) is 4. The van der Waals surface area contributed by atoms with Crippen LogP contribution in [0.3, 0.4) is 0 Å². The van der Waals surface area contributed by atoms with E-state index in [0.717, 1.165) is 35.2 Å². The molecule has 1 aromatic heterocycles. The monoisotopic (exact) mass is 257 g/mol. The van der Waals surface area contributed by atoms with E-state index in [9.17, 15) is 0 Å². The van der Waals surface area contributed by atoms with Crippen LogP contribution in [0.15, 0.2) is 30.5 Å². The Morgan fingerprint density at radius 3 is 2.95 bits per heavy atom. The number of nitrogens with zero attached hydrogens (tertiary/aromatic N) is 1. The number of nitrogens with one attached hydrogen (secondary N) is 1. The molecule has 2 unspecified atom stereocenters. The first kappa shape index (κ1) is 12.2. The van der Waals surface area contributed by atoms with E-state index < -0.39 is 0 Å². The molecule has 19 heavy (non-hydrogen) atoms. The lowest BCUT2D eigenvalue weighted by molar-refractivity contribution is 0.415. The van der Waals surface area contributed by atoms with Crippen molar-refractivity contribution >= 4 is 16.6 Å². The molecular formula is C15H19N3O. The summed E-state index contributed by atoms with van der Waals surface area (Å²) >= 11 is 0. The molecule has 0 saturated heterocycles. The summed E-state index contributed by atoms with van der Waals surface area (Å²) in [5, 5.41) is 5.73. The Morgan fingerprint density at radius 1 is 1.32 bits per heavy atom. The molecular weight excluding hydrogens is 238 g/mol. The van der Waals surface area contributed by atoms with Crippen LogP contribution in [-0.2, 0) is 0 Å². The summed E-state index contributed by atoms with van der Waals surface area (Å²) in [7, 11) is 1.68. The molecule has 1 aliphatic rings. The fourth-order valence-corrected chi connectivity index (χ4v) is 2.73. The molecule has 3 N–H and O–H groups in total. The minimum atomic E-state index is 0.225. The van der Waals surface area contributed by atoms with Crippen LogP contribution >= 0.6 is 0 Å². The summed E-state index contributed by atoms with van der Waals surface area (Å²) in [5.41, 5.74) is 6.11. The predicted octanol–water partition coefficient (Wildman–Crippen LogP) is 2.54. The number of aromatic nitrogens is 1. The molecule has 100 valence electrons. The molecule has 1 heterocycles. The topological polar surface area (TPSA) is 60.2 Å². The number of anilines is 1. The van der Waals surface area contributed by atoms with E-state index >= 15 is 0 Å². The quantitative estimate of drug-likeness (QED) is 0.887. The molecule has 1 aromatic carbocycles. The van der Waals surface area contributed by atoms with Crippen LogP contribution in [0.5, 0.6) is 5.75 Å². The van der Waals surface area contributed by atoms with Gasteiger partial charge in [0.2, 0.25) is 0 Å². The average molecular weight is 257 g/mol. The maximum Gasteiger partial charge on any atom is 0.134 e. The van der Waals surface area contributed by atoms with Gasteiger partial charge >= 0.3 is 0 Å². The average Bonchev–Trinajstić information content (AvgIpc) is 2.84. The van der Waals surface area contributed by atoms with Gasteiger partial charge in [0.15, 0.2) is 0 Å². The minimum absolute atomic E-state index is 0.225. The number of pyridine rings is 1. The summed E-state index contributed by atoms with van der Waals surface area (Å²) in [6, 6.07) is 8.59.